The van der Waals surface area contributed by atoms with E-state index in [4.69, 9.17) is 4.42 Å². The first-order valence-corrected chi connectivity index (χ1v) is 5.91. The number of rotatable bonds is 3. The molecule has 2 aromatic heterocycles. The van der Waals surface area contributed by atoms with Crippen molar-refractivity contribution in [2.45, 2.75) is 6.54 Å². The summed E-state index contributed by atoms with van der Waals surface area (Å²) < 4.78 is 5.55. The van der Waals surface area contributed by atoms with Crippen LogP contribution in [-0.2, 0) is 6.54 Å². The predicted octanol–water partition coefficient (Wildman–Crippen LogP) is 3.50. The number of oxazole rings is 1. The molecular weight excluding hydrogens is 220 g/mol. The molecule has 80 valence electrons. The van der Waals surface area contributed by atoms with Crippen molar-refractivity contribution in [3.63, 3.8) is 0 Å². The molecule has 1 N–H and O–H groups in total. The van der Waals surface area contributed by atoms with Crippen molar-refractivity contribution in [3.05, 3.63) is 46.7 Å². The van der Waals surface area contributed by atoms with E-state index in [0.29, 0.717) is 6.01 Å². The fourth-order valence-electron chi connectivity index (χ4n) is 1.52. The van der Waals surface area contributed by atoms with Crippen LogP contribution in [0, 0.1) is 0 Å². The van der Waals surface area contributed by atoms with Crippen LogP contribution in [0.3, 0.4) is 0 Å². The van der Waals surface area contributed by atoms with Crippen molar-refractivity contribution in [3.8, 4) is 0 Å². The average molecular weight is 230 g/mol. The van der Waals surface area contributed by atoms with Gasteiger partial charge in [-0.2, -0.15) is 4.98 Å². The monoisotopic (exact) mass is 230 g/mol. The van der Waals surface area contributed by atoms with Gasteiger partial charge in [-0.05, 0) is 23.6 Å². The molecule has 0 aliphatic rings. The molecule has 0 radical (unpaired) electrons. The molecule has 0 fully saturated rings. The van der Waals surface area contributed by atoms with Crippen molar-refractivity contribution in [2.75, 3.05) is 5.32 Å². The van der Waals surface area contributed by atoms with Crippen LogP contribution >= 0.6 is 11.3 Å². The number of anilines is 1. The maximum atomic E-state index is 5.55. The van der Waals surface area contributed by atoms with Gasteiger partial charge in [-0.15, -0.1) is 11.3 Å². The molecule has 0 amide bonds. The van der Waals surface area contributed by atoms with E-state index in [1.165, 1.54) is 4.88 Å². The molecular formula is C12H10N2OS. The summed E-state index contributed by atoms with van der Waals surface area (Å²) in [7, 11) is 0. The van der Waals surface area contributed by atoms with Gasteiger partial charge in [0.1, 0.15) is 5.52 Å². The Kier molecular flexibility index (Phi) is 2.34. The maximum Gasteiger partial charge on any atom is 0.295 e. The number of hydrogen-bond donors (Lipinski definition) is 1. The van der Waals surface area contributed by atoms with Gasteiger partial charge in [-0.25, -0.2) is 0 Å². The van der Waals surface area contributed by atoms with Crippen molar-refractivity contribution < 1.29 is 4.42 Å². The van der Waals surface area contributed by atoms with Gasteiger partial charge in [0.05, 0.1) is 6.54 Å². The molecule has 3 aromatic rings. The topological polar surface area (TPSA) is 38.1 Å². The summed E-state index contributed by atoms with van der Waals surface area (Å²) in [5, 5.41) is 5.23. The smallest absolute Gasteiger partial charge is 0.295 e. The van der Waals surface area contributed by atoms with Gasteiger partial charge in [0.25, 0.3) is 6.01 Å². The number of hydrogen-bond acceptors (Lipinski definition) is 4. The summed E-state index contributed by atoms with van der Waals surface area (Å²) in [6.07, 6.45) is 0. The summed E-state index contributed by atoms with van der Waals surface area (Å²) in [6, 6.07) is 12.4. The summed E-state index contributed by atoms with van der Waals surface area (Å²) in [5.74, 6) is 0. The highest BCUT2D eigenvalue weighted by molar-refractivity contribution is 7.09. The fraction of sp³-hybridized carbons (Fsp3) is 0.0833. The third-order valence-electron chi connectivity index (χ3n) is 2.29. The Morgan fingerprint density at radius 2 is 2.12 bits per heavy atom. The summed E-state index contributed by atoms with van der Waals surface area (Å²) in [4.78, 5) is 5.60. The quantitative estimate of drug-likeness (QED) is 0.748. The molecule has 0 saturated carbocycles. The SMILES string of the molecule is c1csc(CNc2nc3ccccc3o2)c1. The molecule has 4 heteroatoms. The normalized spacial score (nSPS) is 10.8. The van der Waals surface area contributed by atoms with E-state index in [9.17, 15) is 0 Å². The van der Waals surface area contributed by atoms with E-state index in [-0.39, 0.29) is 0 Å². The zero-order valence-electron chi connectivity index (χ0n) is 8.51. The zero-order valence-corrected chi connectivity index (χ0v) is 9.33. The molecule has 0 atom stereocenters. The van der Waals surface area contributed by atoms with E-state index in [1.54, 1.807) is 11.3 Å². The largest absolute Gasteiger partial charge is 0.424 e. The predicted molar refractivity (Wildman–Crippen MR) is 65.7 cm³/mol. The molecule has 3 nitrogen and oxygen atoms in total. The molecule has 16 heavy (non-hydrogen) atoms. The first-order valence-electron chi connectivity index (χ1n) is 5.04. The number of nitrogens with one attached hydrogen (secondary N) is 1. The highest BCUT2D eigenvalue weighted by Crippen LogP contribution is 2.19. The van der Waals surface area contributed by atoms with Crippen LogP contribution in [0.4, 0.5) is 6.01 Å². The standard InChI is InChI=1S/C12H10N2OS/c1-2-6-11-10(5-1)14-12(15-11)13-8-9-4-3-7-16-9/h1-7H,8H2,(H,13,14). The van der Waals surface area contributed by atoms with Gasteiger partial charge in [0.15, 0.2) is 5.58 Å². The van der Waals surface area contributed by atoms with Crippen molar-refractivity contribution in [2.24, 2.45) is 0 Å². The highest BCUT2D eigenvalue weighted by atomic mass is 32.1. The van der Waals surface area contributed by atoms with Gasteiger partial charge in [0.2, 0.25) is 0 Å². The van der Waals surface area contributed by atoms with E-state index < -0.39 is 0 Å². The Bertz CT molecular complexity index is 553. The number of nitrogens with zero attached hydrogens (tertiary/aromatic N) is 1. The van der Waals surface area contributed by atoms with E-state index in [1.807, 2.05) is 30.3 Å². The van der Waals surface area contributed by atoms with Crippen LogP contribution < -0.4 is 5.32 Å². The van der Waals surface area contributed by atoms with Crippen LogP contribution in [0.15, 0.2) is 46.2 Å². The highest BCUT2D eigenvalue weighted by Gasteiger charge is 2.03. The number of fused-ring (bicyclic) bond motifs is 1. The molecule has 0 spiro atoms. The van der Waals surface area contributed by atoms with Crippen LogP contribution in [0.2, 0.25) is 0 Å². The minimum absolute atomic E-state index is 0.578. The lowest BCUT2D eigenvalue weighted by Gasteiger charge is -1.96. The van der Waals surface area contributed by atoms with Gasteiger partial charge >= 0.3 is 0 Å². The fourth-order valence-corrected chi connectivity index (χ4v) is 2.17. The maximum absolute atomic E-state index is 5.55. The number of benzene rings is 1. The second-order valence-corrected chi connectivity index (χ2v) is 4.45. The summed E-state index contributed by atoms with van der Waals surface area (Å²) in [6.45, 7) is 0.754. The van der Waals surface area contributed by atoms with Gasteiger partial charge in [-0.1, -0.05) is 18.2 Å². The Morgan fingerprint density at radius 1 is 1.19 bits per heavy atom. The number of aromatic nitrogens is 1. The zero-order chi connectivity index (χ0) is 10.8. The lowest BCUT2D eigenvalue weighted by atomic mass is 10.3. The molecule has 1 aromatic carbocycles. The molecule has 0 bridgehead atoms. The molecule has 0 unspecified atom stereocenters. The second kappa shape index (κ2) is 3.98. The van der Waals surface area contributed by atoms with Crippen LogP contribution in [0.5, 0.6) is 0 Å². The van der Waals surface area contributed by atoms with Gasteiger partial charge < -0.3 is 9.73 Å². The Balaban J connectivity index is 1.79. The average Bonchev–Trinajstić information content (AvgIpc) is 2.95. The van der Waals surface area contributed by atoms with Crippen molar-refractivity contribution in [1.82, 2.24) is 4.98 Å². The Morgan fingerprint density at radius 3 is 2.94 bits per heavy atom. The van der Waals surface area contributed by atoms with Gasteiger partial charge in [-0.3, -0.25) is 0 Å². The minimum atomic E-state index is 0.578. The van der Waals surface area contributed by atoms with Crippen LogP contribution in [-0.4, -0.2) is 4.98 Å². The van der Waals surface area contributed by atoms with E-state index in [0.717, 1.165) is 17.6 Å². The molecule has 0 aliphatic carbocycles. The Labute approximate surface area is 96.7 Å². The Hall–Kier alpha value is -1.81. The van der Waals surface area contributed by atoms with E-state index >= 15 is 0 Å². The minimum Gasteiger partial charge on any atom is -0.424 e. The summed E-state index contributed by atoms with van der Waals surface area (Å²) >= 11 is 1.72. The molecule has 2 heterocycles. The van der Waals surface area contributed by atoms with Gasteiger partial charge in [0, 0.05) is 4.88 Å². The second-order valence-electron chi connectivity index (χ2n) is 3.42. The number of para-hydroxylation sites is 2. The molecule has 0 saturated heterocycles. The first-order chi connectivity index (χ1) is 7.92. The lowest BCUT2D eigenvalue weighted by molar-refractivity contribution is 0.615. The van der Waals surface area contributed by atoms with Crippen molar-refractivity contribution in [1.29, 1.82) is 0 Å². The van der Waals surface area contributed by atoms with E-state index in [2.05, 4.69) is 21.7 Å². The third kappa shape index (κ3) is 1.79. The lowest BCUT2D eigenvalue weighted by Crippen LogP contribution is -1.96. The van der Waals surface area contributed by atoms with Crippen LogP contribution in [0.25, 0.3) is 11.1 Å². The third-order valence-corrected chi connectivity index (χ3v) is 3.16. The van der Waals surface area contributed by atoms with Crippen molar-refractivity contribution >= 4 is 28.5 Å². The number of thiophene rings is 1. The molecule has 3 rings (SSSR count). The van der Waals surface area contributed by atoms with Crippen LogP contribution in [0.1, 0.15) is 4.88 Å². The molecule has 0 aliphatic heterocycles. The summed E-state index contributed by atoms with van der Waals surface area (Å²) in [5.41, 5.74) is 1.70. The first kappa shape index (κ1) is 9.42.